The SMILES string of the molecule is O=C(c1ccc(CS(=O)(=O)c2ccccc2)cc1)N1CCCc2cc(C(F)(F)F)ccc21. The predicted molar refractivity (Wildman–Crippen MR) is 115 cm³/mol. The van der Waals surface area contributed by atoms with Crippen molar-refractivity contribution in [2.45, 2.75) is 29.7 Å². The summed E-state index contributed by atoms with van der Waals surface area (Å²) < 4.78 is 64.2. The monoisotopic (exact) mass is 459 g/mol. The maximum absolute atomic E-state index is 13.0. The van der Waals surface area contributed by atoms with Crippen LogP contribution in [0.15, 0.2) is 77.7 Å². The van der Waals surface area contributed by atoms with Crippen molar-refractivity contribution in [3.05, 3.63) is 95.1 Å². The first-order valence-electron chi connectivity index (χ1n) is 10.0. The highest BCUT2D eigenvalue weighted by molar-refractivity contribution is 7.90. The van der Waals surface area contributed by atoms with Crippen LogP contribution in [0.4, 0.5) is 18.9 Å². The maximum atomic E-state index is 13.0. The molecule has 4 nitrogen and oxygen atoms in total. The molecule has 8 heteroatoms. The van der Waals surface area contributed by atoms with Gasteiger partial charge in [-0.2, -0.15) is 13.2 Å². The number of halogens is 3. The number of carbonyl (C=O) groups is 1. The molecule has 4 rings (SSSR count). The van der Waals surface area contributed by atoms with E-state index in [0.717, 1.165) is 12.1 Å². The van der Waals surface area contributed by atoms with Gasteiger partial charge in [0, 0.05) is 17.8 Å². The first kappa shape index (κ1) is 22.1. The largest absolute Gasteiger partial charge is 0.416 e. The number of benzene rings is 3. The van der Waals surface area contributed by atoms with Crippen molar-refractivity contribution >= 4 is 21.4 Å². The van der Waals surface area contributed by atoms with Crippen molar-refractivity contribution in [3.8, 4) is 0 Å². The van der Waals surface area contributed by atoms with E-state index < -0.39 is 21.6 Å². The molecular weight excluding hydrogens is 439 g/mol. The number of carbonyl (C=O) groups excluding carboxylic acids is 1. The highest BCUT2D eigenvalue weighted by Gasteiger charge is 2.32. The van der Waals surface area contributed by atoms with Crippen LogP contribution in [0.3, 0.4) is 0 Å². The van der Waals surface area contributed by atoms with Crippen molar-refractivity contribution in [2.24, 2.45) is 0 Å². The molecule has 0 aliphatic carbocycles. The van der Waals surface area contributed by atoms with Crippen molar-refractivity contribution < 1.29 is 26.4 Å². The zero-order valence-corrected chi connectivity index (χ0v) is 17.8. The molecule has 3 aromatic carbocycles. The standard InChI is InChI=1S/C24H20F3NO3S/c25-24(26,27)20-12-13-22-19(15-20)5-4-14-28(22)23(29)18-10-8-17(9-11-18)16-32(30,31)21-6-2-1-3-7-21/h1-3,6-13,15H,4-5,14,16H2. The molecule has 0 saturated carbocycles. The van der Waals surface area contributed by atoms with Crippen molar-refractivity contribution in [1.29, 1.82) is 0 Å². The number of sulfone groups is 1. The van der Waals surface area contributed by atoms with Gasteiger partial charge in [-0.3, -0.25) is 4.79 Å². The summed E-state index contributed by atoms with van der Waals surface area (Å²) >= 11 is 0. The van der Waals surface area contributed by atoms with E-state index in [1.807, 2.05) is 0 Å². The Morgan fingerprint density at radius 2 is 1.62 bits per heavy atom. The molecule has 1 heterocycles. The summed E-state index contributed by atoms with van der Waals surface area (Å²) in [5.41, 5.74) is 1.13. The van der Waals surface area contributed by atoms with Crippen LogP contribution >= 0.6 is 0 Å². The molecule has 1 aliphatic heterocycles. The Balaban J connectivity index is 1.54. The van der Waals surface area contributed by atoms with Gasteiger partial charge in [0.25, 0.3) is 5.91 Å². The second kappa shape index (κ2) is 8.43. The second-order valence-corrected chi connectivity index (χ2v) is 9.66. The van der Waals surface area contributed by atoms with Gasteiger partial charge in [0.05, 0.1) is 16.2 Å². The van der Waals surface area contributed by atoms with E-state index in [9.17, 15) is 26.4 Å². The zero-order valence-electron chi connectivity index (χ0n) is 17.0. The molecule has 0 fully saturated rings. The number of fused-ring (bicyclic) bond motifs is 1. The van der Waals surface area contributed by atoms with Gasteiger partial charge in [0.15, 0.2) is 9.84 Å². The summed E-state index contributed by atoms with van der Waals surface area (Å²) in [5, 5.41) is 0. The predicted octanol–water partition coefficient (Wildman–Crippen LogP) is 5.27. The minimum Gasteiger partial charge on any atom is -0.308 e. The normalized spacial score (nSPS) is 14.2. The molecule has 3 aromatic rings. The Kier molecular flexibility index (Phi) is 5.81. The number of hydrogen-bond donors (Lipinski definition) is 0. The highest BCUT2D eigenvalue weighted by atomic mass is 32.2. The van der Waals surface area contributed by atoms with Crippen LogP contribution in [-0.2, 0) is 28.2 Å². The molecule has 1 aliphatic rings. The van der Waals surface area contributed by atoms with Crippen LogP contribution < -0.4 is 4.90 Å². The van der Waals surface area contributed by atoms with Gasteiger partial charge in [0.1, 0.15) is 0 Å². The topological polar surface area (TPSA) is 54.5 Å². The average Bonchev–Trinajstić information content (AvgIpc) is 2.78. The quantitative estimate of drug-likeness (QED) is 0.534. The lowest BCUT2D eigenvalue weighted by molar-refractivity contribution is -0.137. The number of aryl methyl sites for hydroxylation is 1. The molecule has 32 heavy (non-hydrogen) atoms. The summed E-state index contributed by atoms with van der Waals surface area (Å²) in [5.74, 6) is -0.527. The molecule has 166 valence electrons. The van der Waals surface area contributed by atoms with Crippen LogP contribution in [0.1, 0.15) is 33.5 Å². The van der Waals surface area contributed by atoms with E-state index in [2.05, 4.69) is 0 Å². The Bertz CT molecular complexity index is 1240. The number of nitrogens with zero attached hydrogens (tertiary/aromatic N) is 1. The van der Waals surface area contributed by atoms with Crippen LogP contribution in [0.5, 0.6) is 0 Å². The third-order valence-corrected chi connectivity index (χ3v) is 7.13. The van der Waals surface area contributed by atoms with Crippen molar-refractivity contribution in [2.75, 3.05) is 11.4 Å². The van der Waals surface area contributed by atoms with Crippen LogP contribution in [-0.4, -0.2) is 20.9 Å². The Labute approximate surface area is 184 Å². The van der Waals surface area contributed by atoms with E-state index in [0.29, 0.717) is 41.8 Å². The molecular formula is C24H20F3NO3S. The van der Waals surface area contributed by atoms with E-state index >= 15 is 0 Å². The lowest BCUT2D eigenvalue weighted by Gasteiger charge is -2.30. The summed E-state index contributed by atoms with van der Waals surface area (Å²) in [6, 6.07) is 17.8. The fourth-order valence-electron chi connectivity index (χ4n) is 3.81. The van der Waals surface area contributed by atoms with Gasteiger partial charge in [-0.05, 0) is 66.4 Å². The van der Waals surface area contributed by atoms with Gasteiger partial charge in [0.2, 0.25) is 0 Å². The van der Waals surface area contributed by atoms with Crippen LogP contribution in [0.25, 0.3) is 0 Å². The van der Waals surface area contributed by atoms with Crippen molar-refractivity contribution in [1.82, 2.24) is 0 Å². The lowest BCUT2D eigenvalue weighted by Crippen LogP contribution is -2.35. The Morgan fingerprint density at radius 3 is 2.28 bits per heavy atom. The third kappa shape index (κ3) is 4.55. The van der Waals surface area contributed by atoms with E-state index in [1.54, 1.807) is 42.5 Å². The van der Waals surface area contributed by atoms with E-state index in [1.165, 1.54) is 23.1 Å². The molecule has 0 atom stereocenters. The minimum atomic E-state index is -4.43. The minimum absolute atomic E-state index is 0.196. The average molecular weight is 459 g/mol. The number of hydrogen-bond acceptors (Lipinski definition) is 3. The molecule has 0 aromatic heterocycles. The molecule has 0 radical (unpaired) electrons. The summed E-state index contributed by atoms with van der Waals surface area (Å²) in [6.45, 7) is 0.404. The van der Waals surface area contributed by atoms with Crippen LogP contribution in [0, 0.1) is 0 Å². The van der Waals surface area contributed by atoms with Gasteiger partial charge >= 0.3 is 6.18 Å². The first-order valence-corrected chi connectivity index (χ1v) is 11.7. The third-order valence-electron chi connectivity index (χ3n) is 5.43. The van der Waals surface area contributed by atoms with E-state index in [-0.39, 0.29) is 16.6 Å². The fourth-order valence-corrected chi connectivity index (χ4v) is 5.18. The van der Waals surface area contributed by atoms with Crippen LogP contribution in [0.2, 0.25) is 0 Å². The van der Waals surface area contributed by atoms with Gasteiger partial charge in [-0.15, -0.1) is 0 Å². The zero-order chi connectivity index (χ0) is 22.9. The Morgan fingerprint density at radius 1 is 0.938 bits per heavy atom. The molecule has 0 bridgehead atoms. The highest BCUT2D eigenvalue weighted by Crippen LogP contribution is 2.35. The molecule has 1 amide bonds. The molecule has 0 unspecified atom stereocenters. The fraction of sp³-hybridized carbons (Fsp3) is 0.208. The smallest absolute Gasteiger partial charge is 0.308 e. The number of anilines is 1. The molecule has 0 saturated heterocycles. The maximum Gasteiger partial charge on any atom is 0.416 e. The Hall–Kier alpha value is -3.13. The number of amides is 1. The van der Waals surface area contributed by atoms with Crippen molar-refractivity contribution in [3.63, 3.8) is 0 Å². The molecule has 0 N–H and O–H groups in total. The summed E-state index contributed by atoms with van der Waals surface area (Å²) in [4.78, 5) is 14.8. The summed E-state index contributed by atoms with van der Waals surface area (Å²) in [6.07, 6.45) is -3.40. The second-order valence-electron chi connectivity index (χ2n) is 7.67. The van der Waals surface area contributed by atoms with Gasteiger partial charge < -0.3 is 4.90 Å². The summed E-state index contributed by atoms with van der Waals surface area (Å²) in [7, 11) is -3.51. The lowest BCUT2D eigenvalue weighted by atomic mass is 9.98. The first-order chi connectivity index (χ1) is 15.1. The van der Waals surface area contributed by atoms with Gasteiger partial charge in [-0.25, -0.2) is 8.42 Å². The molecule has 0 spiro atoms. The van der Waals surface area contributed by atoms with Gasteiger partial charge in [-0.1, -0.05) is 30.3 Å². The van der Waals surface area contributed by atoms with E-state index in [4.69, 9.17) is 0 Å². The number of alkyl halides is 3. The number of rotatable bonds is 4.